The number of nitrogens with zero attached hydrogens (tertiary/aromatic N) is 2. The topological polar surface area (TPSA) is 96.7 Å². The molecule has 0 bridgehead atoms. The van der Waals surface area contributed by atoms with E-state index in [0.717, 1.165) is 10.6 Å². The van der Waals surface area contributed by atoms with Gasteiger partial charge in [0, 0.05) is 18.8 Å². The predicted molar refractivity (Wildman–Crippen MR) is 75.9 cm³/mol. The summed E-state index contributed by atoms with van der Waals surface area (Å²) in [6.07, 6.45) is 0.282. The van der Waals surface area contributed by atoms with E-state index in [-0.39, 0.29) is 17.9 Å². The van der Waals surface area contributed by atoms with Gasteiger partial charge in [0.15, 0.2) is 9.84 Å². The van der Waals surface area contributed by atoms with Crippen LogP contribution >= 0.6 is 0 Å². The van der Waals surface area contributed by atoms with Gasteiger partial charge in [-0.25, -0.2) is 8.42 Å². The van der Waals surface area contributed by atoms with Gasteiger partial charge in [-0.1, -0.05) is 0 Å². The molecule has 21 heavy (non-hydrogen) atoms. The van der Waals surface area contributed by atoms with Crippen LogP contribution in [0.2, 0.25) is 0 Å². The van der Waals surface area contributed by atoms with E-state index in [2.05, 4.69) is 0 Å². The maximum Gasteiger partial charge on any atom is 0.323 e. The van der Waals surface area contributed by atoms with Crippen LogP contribution in [0.25, 0.3) is 0 Å². The first kappa shape index (κ1) is 15.6. The lowest BCUT2D eigenvalue weighted by Gasteiger charge is -2.26. The minimum Gasteiger partial charge on any atom is -0.480 e. The first-order valence-corrected chi connectivity index (χ1v) is 8.39. The van der Waals surface area contributed by atoms with Crippen LogP contribution in [-0.2, 0) is 21.7 Å². The van der Waals surface area contributed by atoms with Gasteiger partial charge in [0.2, 0.25) is 0 Å². The monoisotopic (exact) mass is 314 g/mol. The molecule has 1 aliphatic heterocycles. The molecule has 1 saturated heterocycles. The van der Waals surface area contributed by atoms with Crippen molar-refractivity contribution >= 4 is 21.7 Å². The number of carbonyl (C=O) groups excluding carboxylic acids is 1. The Morgan fingerprint density at radius 3 is 2.52 bits per heavy atom. The first-order valence-electron chi connectivity index (χ1n) is 6.57. The van der Waals surface area contributed by atoms with Crippen molar-refractivity contribution in [3.8, 4) is 0 Å². The van der Waals surface area contributed by atoms with Gasteiger partial charge in [0.25, 0.3) is 5.91 Å². The van der Waals surface area contributed by atoms with Crippen molar-refractivity contribution in [1.29, 1.82) is 0 Å². The van der Waals surface area contributed by atoms with Crippen LogP contribution in [-0.4, -0.2) is 59.0 Å². The Morgan fingerprint density at radius 1 is 1.43 bits per heavy atom. The summed E-state index contributed by atoms with van der Waals surface area (Å²) in [6.45, 7) is 1.33. The Morgan fingerprint density at radius 2 is 2.10 bits per heavy atom. The number of aromatic nitrogens is 1. The molecule has 1 fully saturated rings. The van der Waals surface area contributed by atoms with E-state index in [1.807, 2.05) is 6.92 Å². The highest BCUT2D eigenvalue weighted by Crippen LogP contribution is 2.20. The molecule has 7 nitrogen and oxygen atoms in total. The summed E-state index contributed by atoms with van der Waals surface area (Å²) >= 11 is 0. The maximum atomic E-state index is 12.6. The molecular weight excluding hydrogens is 296 g/mol. The third kappa shape index (κ3) is 3.26. The van der Waals surface area contributed by atoms with Gasteiger partial charge >= 0.3 is 5.97 Å². The average Bonchev–Trinajstić information content (AvgIpc) is 2.90. The summed E-state index contributed by atoms with van der Waals surface area (Å²) in [4.78, 5) is 24.7. The number of rotatable bonds is 4. The highest BCUT2D eigenvalue weighted by atomic mass is 32.2. The van der Waals surface area contributed by atoms with Crippen molar-refractivity contribution in [3.63, 3.8) is 0 Å². The lowest BCUT2D eigenvalue weighted by Crippen LogP contribution is -2.44. The molecule has 1 aromatic rings. The second-order valence-electron chi connectivity index (χ2n) is 5.30. The number of hydrogen-bond donors (Lipinski definition) is 1. The van der Waals surface area contributed by atoms with Gasteiger partial charge in [-0.05, 0) is 25.5 Å². The Hall–Kier alpha value is -1.83. The van der Waals surface area contributed by atoms with Crippen molar-refractivity contribution < 1.29 is 23.1 Å². The fourth-order valence-corrected chi connectivity index (χ4v) is 4.24. The maximum absolute atomic E-state index is 12.6. The van der Waals surface area contributed by atoms with Crippen molar-refractivity contribution in [2.75, 3.05) is 18.1 Å². The number of carboxylic acids is 1. The highest BCUT2D eigenvalue weighted by molar-refractivity contribution is 7.91. The van der Waals surface area contributed by atoms with E-state index in [1.54, 1.807) is 23.7 Å². The van der Waals surface area contributed by atoms with Crippen molar-refractivity contribution in [2.45, 2.75) is 19.4 Å². The molecule has 1 unspecified atom stereocenters. The van der Waals surface area contributed by atoms with E-state index in [0.29, 0.717) is 5.69 Å². The average molecular weight is 314 g/mol. The van der Waals surface area contributed by atoms with Gasteiger partial charge in [-0.15, -0.1) is 0 Å². The van der Waals surface area contributed by atoms with Gasteiger partial charge in [-0.3, -0.25) is 9.59 Å². The van der Waals surface area contributed by atoms with E-state index in [1.165, 1.54) is 0 Å². The molecular formula is C13H18N2O5S. The van der Waals surface area contributed by atoms with Crippen molar-refractivity contribution in [3.05, 3.63) is 23.5 Å². The fraction of sp³-hybridized carbons (Fsp3) is 0.538. The van der Waals surface area contributed by atoms with E-state index >= 15 is 0 Å². The standard InChI is InChI=1S/C13H18N2O5S/c1-9-3-4-11(14(9)2)13(18)15(7-12(16)17)10-5-6-21(19,20)8-10/h3-4,10H,5-8H2,1-2H3,(H,16,17). The Kier molecular flexibility index (Phi) is 4.08. The molecule has 1 amide bonds. The Labute approximate surface area is 123 Å². The summed E-state index contributed by atoms with van der Waals surface area (Å²) in [6, 6.07) is 2.81. The van der Waals surface area contributed by atoms with Crippen LogP contribution in [0.1, 0.15) is 22.6 Å². The molecule has 1 aromatic heterocycles. The quantitative estimate of drug-likeness (QED) is 0.847. The van der Waals surface area contributed by atoms with Crippen LogP contribution < -0.4 is 0 Å². The lowest BCUT2D eigenvalue weighted by molar-refractivity contribution is -0.138. The largest absolute Gasteiger partial charge is 0.480 e. The molecule has 0 aliphatic carbocycles. The molecule has 0 saturated carbocycles. The molecule has 0 radical (unpaired) electrons. The minimum absolute atomic E-state index is 0.00672. The summed E-state index contributed by atoms with van der Waals surface area (Å²) in [7, 11) is -1.48. The van der Waals surface area contributed by atoms with Gasteiger partial charge in [0.1, 0.15) is 12.2 Å². The number of carboxylic acid groups (broad SMARTS) is 1. The van der Waals surface area contributed by atoms with Crippen LogP contribution in [0.15, 0.2) is 12.1 Å². The number of aryl methyl sites for hydroxylation is 1. The molecule has 0 aromatic carbocycles. The normalized spacial score (nSPS) is 20.4. The molecule has 1 aliphatic rings. The molecule has 1 atom stereocenters. The van der Waals surface area contributed by atoms with Crippen LogP contribution in [0.5, 0.6) is 0 Å². The number of sulfone groups is 1. The van der Waals surface area contributed by atoms with Crippen molar-refractivity contribution in [1.82, 2.24) is 9.47 Å². The molecule has 116 valence electrons. The van der Waals surface area contributed by atoms with Gasteiger partial charge in [0.05, 0.1) is 11.5 Å². The minimum atomic E-state index is -3.19. The van der Waals surface area contributed by atoms with E-state index in [9.17, 15) is 18.0 Å². The zero-order chi connectivity index (χ0) is 15.8. The fourth-order valence-electron chi connectivity index (χ4n) is 2.51. The lowest BCUT2D eigenvalue weighted by atomic mass is 10.2. The summed E-state index contributed by atoms with van der Waals surface area (Å²) in [5, 5.41) is 8.99. The summed E-state index contributed by atoms with van der Waals surface area (Å²) in [5.41, 5.74) is 1.23. The molecule has 8 heteroatoms. The smallest absolute Gasteiger partial charge is 0.323 e. The van der Waals surface area contributed by atoms with E-state index in [4.69, 9.17) is 5.11 Å². The Balaban J connectivity index is 2.30. The van der Waals surface area contributed by atoms with Gasteiger partial charge < -0.3 is 14.6 Å². The molecule has 2 rings (SSSR count). The molecule has 2 heterocycles. The summed E-state index contributed by atoms with van der Waals surface area (Å²) in [5.74, 6) is -1.78. The second kappa shape index (κ2) is 5.51. The number of hydrogen-bond acceptors (Lipinski definition) is 4. The zero-order valence-corrected chi connectivity index (χ0v) is 12.8. The molecule has 0 spiro atoms. The van der Waals surface area contributed by atoms with Crippen LogP contribution in [0.3, 0.4) is 0 Å². The first-order chi connectivity index (χ1) is 9.71. The third-order valence-electron chi connectivity index (χ3n) is 3.81. The van der Waals surface area contributed by atoms with Crippen molar-refractivity contribution in [2.24, 2.45) is 7.05 Å². The predicted octanol–water partition coefficient (Wildman–Crippen LogP) is 0.0474. The number of amides is 1. The number of carbonyl (C=O) groups is 2. The van der Waals surface area contributed by atoms with Gasteiger partial charge in [-0.2, -0.15) is 0 Å². The van der Waals surface area contributed by atoms with Crippen LogP contribution in [0.4, 0.5) is 0 Å². The summed E-state index contributed by atoms with van der Waals surface area (Å²) < 4.78 is 24.8. The second-order valence-corrected chi connectivity index (χ2v) is 7.53. The highest BCUT2D eigenvalue weighted by Gasteiger charge is 2.36. The van der Waals surface area contributed by atoms with Crippen LogP contribution in [0, 0.1) is 6.92 Å². The van der Waals surface area contributed by atoms with E-state index < -0.39 is 34.3 Å². The Bertz CT molecular complexity index is 677. The SMILES string of the molecule is Cc1ccc(C(=O)N(CC(=O)O)C2CCS(=O)(=O)C2)n1C. The third-order valence-corrected chi connectivity index (χ3v) is 5.56. The zero-order valence-electron chi connectivity index (χ0n) is 11.9. The number of aliphatic carboxylic acids is 1. The molecule has 1 N–H and O–H groups in total.